The summed E-state index contributed by atoms with van der Waals surface area (Å²) in [7, 11) is 0. The summed E-state index contributed by atoms with van der Waals surface area (Å²) >= 11 is 0. The summed E-state index contributed by atoms with van der Waals surface area (Å²) in [6, 6.07) is 16.4. The van der Waals surface area contributed by atoms with E-state index in [9.17, 15) is 9.59 Å². The molecule has 3 aromatic carbocycles. The van der Waals surface area contributed by atoms with Crippen LogP contribution in [0.15, 0.2) is 64.3 Å². The molecule has 0 radical (unpaired) electrons. The van der Waals surface area contributed by atoms with E-state index in [-0.39, 0.29) is 10.9 Å². The second-order valence-electron chi connectivity index (χ2n) is 7.60. The van der Waals surface area contributed by atoms with Gasteiger partial charge in [-0.15, -0.1) is 0 Å². The van der Waals surface area contributed by atoms with Crippen LogP contribution < -0.4 is 15.8 Å². The van der Waals surface area contributed by atoms with Gasteiger partial charge in [0.2, 0.25) is 10.9 Å². The molecule has 29 heavy (non-hydrogen) atoms. The fourth-order valence-corrected chi connectivity index (χ4v) is 4.27. The maximum Gasteiger partial charge on any atom is 0.250 e. The molecule has 0 saturated carbocycles. The van der Waals surface area contributed by atoms with E-state index in [4.69, 9.17) is 4.74 Å². The van der Waals surface area contributed by atoms with Gasteiger partial charge in [0.1, 0.15) is 5.69 Å². The molecule has 0 atom stereocenters. The van der Waals surface area contributed by atoms with Crippen molar-refractivity contribution >= 4 is 16.6 Å². The normalized spacial score (nSPS) is 14.7. The summed E-state index contributed by atoms with van der Waals surface area (Å²) in [6.45, 7) is 5.25. The zero-order valence-corrected chi connectivity index (χ0v) is 16.4. The molecule has 0 amide bonds. The van der Waals surface area contributed by atoms with Gasteiger partial charge >= 0.3 is 0 Å². The Kier molecular flexibility index (Phi) is 4.32. The summed E-state index contributed by atoms with van der Waals surface area (Å²) in [4.78, 5) is 27.0. The van der Waals surface area contributed by atoms with Crippen LogP contribution in [0.2, 0.25) is 0 Å². The van der Waals surface area contributed by atoms with Gasteiger partial charge in [-0.1, -0.05) is 42.5 Å². The third-order valence-corrected chi connectivity index (χ3v) is 5.87. The Labute approximate surface area is 168 Å². The molecular weight excluding hydrogens is 364 g/mol. The van der Waals surface area contributed by atoms with Crippen LogP contribution in [0.5, 0.6) is 0 Å². The Morgan fingerprint density at radius 3 is 2.45 bits per heavy atom. The summed E-state index contributed by atoms with van der Waals surface area (Å²) in [5.74, 6) is 0. The van der Waals surface area contributed by atoms with Crippen LogP contribution in [0, 0.1) is 6.92 Å². The summed E-state index contributed by atoms with van der Waals surface area (Å²) < 4.78 is 7.58. The van der Waals surface area contributed by atoms with Gasteiger partial charge in [-0.2, -0.15) is 0 Å². The van der Waals surface area contributed by atoms with Gasteiger partial charge in [0, 0.05) is 42.3 Å². The smallest absolute Gasteiger partial charge is 0.250 e. The van der Waals surface area contributed by atoms with Crippen molar-refractivity contribution in [3.05, 3.63) is 86.3 Å². The molecule has 146 valence electrons. The molecule has 0 unspecified atom stereocenters. The first-order valence-corrected chi connectivity index (χ1v) is 9.94. The van der Waals surface area contributed by atoms with Crippen molar-refractivity contribution < 1.29 is 4.74 Å². The molecule has 0 spiro atoms. The second-order valence-corrected chi connectivity index (χ2v) is 7.60. The molecular formula is C24H22N2O3. The highest BCUT2D eigenvalue weighted by molar-refractivity contribution is 6.00. The van der Waals surface area contributed by atoms with Crippen molar-refractivity contribution in [2.75, 3.05) is 31.2 Å². The van der Waals surface area contributed by atoms with Crippen LogP contribution in [0.25, 0.3) is 22.0 Å². The van der Waals surface area contributed by atoms with Crippen molar-refractivity contribution in [2.45, 2.75) is 13.5 Å². The topological polar surface area (TPSA) is 51.5 Å². The SMILES string of the molecule is Cc1ccccc1Cn1cc(-c2c(N3CCOCC3)c(=O)c2=O)c2ccccc21. The van der Waals surface area contributed by atoms with Crippen LogP contribution in [0.1, 0.15) is 11.1 Å². The fourth-order valence-electron chi connectivity index (χ4n) is 4.27. The number of hydrogen-bond acceptors (Lipinski definition) is 4. The first kappa shape index (κ1) is 17.9. The zero-order valence-electron chi connectivity index (χ0n) is 16.4. The monoisotopic (exact) mass is 386 g/mol. The number of benzene rings is 2. The molecule has 5 nitrogen and oxygen atoms in total. The fraction of sp³-hybridized carbons (Fsp3) is 0.250. The van der Waals surface area contributed by atoms with E-state index < -0.39 is 0 Å². The van der Waals surface area contributed by atoms with Crippen molar-refractivity contribution in [3.8, 4) is 11.1 Å². The minimum atomic E-state index is -0.384. The molecule has 1 aliphatic rings. The largest absolute Gasteiger partial charge is 0.378 e. The van der Waals surface area contributed by atoms with Crippen LogP contribution in [0.3, 0.4) is 0 Å². The number of hydrogen-bond donors (Lipinski definition) is 0. The zero-order chi connectivity index (χ0) is 20.0. The van der Waals surface area contributed by atoms with E-state index in [1.807, 2.05) is 41.4 Å². The van der Waals surface area contributed by atoms with Gasteiger partial charge in [0.05, 0.1) is 18.8 Å². The number of fused-ring (bicyclic) bond motifs is 1. The lowest BCUT2D eigenvalue weighted by molar-refractivity contribution is 0.122. The van der Waals surface area contributed by atoms with Crippen molar-refractivity contribution in [3.63, 3.8) is 0 Å². The Morgan fingerprint density at radius 1 is 0.931 bits per heavy atom. The van der Waals surface area contributed by atoms with E-state index in [1.54, 1.807) is 0 Å². The third-order valence-electron chi connectivity index (χ3n) is 5.87. The Hall–Kier alpha value is -3.18. The Balaban J connectivity index is 1.64. The first-order valence-electron chi connectivity index (χ1n) is 9.94. The van der Waals surface area contributed by atoms with Gasteiger partial charge in [-0.3, -0.25) is 9.59 Å². The minimum absolute atomic E-state index is 0.377. The van der Waals surface area contributed by atoms with Crippen molar-refractivity contribution in [1.82, 2.24) is 4.57 Å². The van der Waals surface area contributed by atoms with E-state index >= 15 is 0 Å². The maximum absolute atomic E-state index is 12.6. The summed E-state index contributed by atoms with van der Waals surface area (Å²) in [5.41, 5.74) is 4.72. The minimum Gasteiger partial charge on any atom is -0.378 e. The highest BCUT2D eigenvalue weighted by atomic mass is 16.5. The average molecular weight is 386 g/mol. The van der Waals surface area contributed by atoms with E-state index in [0.29, 0.717) is 37.6 Å². The quantitative estimate of drug-likeness (QED) is 0.506. The molecule has 1 saturated heterocycles. The van der Waals surface area contributed by atoms with Crippen LogP contribution in [0.4, 0.5) is 5.69 Å². The molecule has 2 heterocycles. The third kappa shape index (κ3) is 2.89. The van der Waals surface area contributed by atoms with Gasteiger partial charge in [0.25, 0.3) is 0 Å². The number of morpholine rings is 1. The number of aryl methyl sites for hydroxylation is 1. The van der Waals surface area contributed by atoms with E-state index in [2.05, 4.69) is 29.7 Å². The highest BCUT2D eigenvalue weighted by Gasteiger charge is 2.29. The highest BCUT2D eigenvalue weighted by Crippen LogP contribution is 2.35. The number of nitrogens with zero attached hydrogens (tertiary/aromatic N) is 2. The van der Waals surface area contributed by atoms with E-state index in [1.165, 1.54) is 11.1 Å². The number of para-hydroxylation sites is 1. The lowest BCUT2D eigenvalue weighted by Crippen LogP contribution is -2.46. The first-order chi connectivity index (χ1) is 14.1. The molecule has 1 fully saturated rings. The number of ether oxygens (including phenoxy) is 1. The van der Waals surface area contributed by atoms with Gasteiger partial charge in [0.15, 0.2) is 0 Å². The molecule has 5 rings (SSSR count). The molecule has 1 aromatic heterocycles. The second kappa shape index (κ2) is 7.01. The maximum atomic E-state index is 12.6. The molecule has 0 N–H and O–H groups in total. The molecule has 0 aliphatic carbocycles. The number of anilines is 1. The van der Waals surface area contributed by atoms with Gasteiger partial charge < -0.3 is 14.2 Å². The number of rotatable bonds is 4. The van der Waals surface area contributed by atoms with E-state index in [0.717, 1.165) is 23.0 Å². The predicted octanol–water partition coefficient (Wildman–Crippen LogP) is 3.10. The van der Waals surface area contributed by atoms with Crippen LogP contribution in [-0.4, -0.2) is 30.9 Å². The average Bonchev–Trinajstić information content (AvgIpc) is 3.11. The molecule has 1 aliphatic heterocycles. The van der Waals surface area contributed by atoms with Gasteiger partial charge in [-0.05, 0) is 24.1 Å². The number of aromatic nitrogens is 1. The Morgan fingerprint density at radius 2 is 1.66 bits per heavy atom. The van der Waals surface area contributed by atoms with Crippen molar-refractivity contribution in [2.24, 2.45) is 0 Å². The Bertz CT molecular complexity index is 1270. The lowest BCUT2D eigenvalue weighted by atomic mass is 9.97. The van der Waals surface area contributed by atoms with Crippen LogP contribution >= 0.6 is 0 Å². The standard InChI is InChI=1S/C24H22N2O3/c1-16-6-2-3-7-17(16)14-26-15-19(18-8-4-5-9-20(18)26)21-22(24(28)23(21)27)25-10-12-29-13-11-25/h2-9,15H,10-14H2,1H3. The summed E-state index contributed by atoms with van der Waals surface area (Å²) in [6.07, 6.45) is 2.03. The summed E-state index contributed by atoms with van der Waals surface area (Å²) in [5, 5.41) is 1.00. The predicted molar refractivity (Wildman–Crippen MR) is 116 cm³/mol. The molecule has 0 bridgehead atoms. The molecule has 5 heteroatoms. The lowest BCUT2D eigenvalue weighted by Gasteiger charge is -2.30. The van der Waals surface area contributed by atoms with Crippen molar-refractivity contribution in [1.29, 1.82) is 0 Å². The van der Waals surface area contributed by atoms with Gasteiger partial charge in [-0.25, -0.2) is 0 Å². The molecule has 4 aromatic rings. The van der Waals surface area contributed by atoms with Crippen LogP contribution in [-0.2, 0) is 11.3 Å².